The third-order valence-corrected chi connectivity index (χ3v) is 3.13. The van der Waals surface area contributed by atoms with Gasteiger partial charge in [0.15, 0.2) is 0 Å². The molecule has 97 valence electrons. The molecule has 1 rings (SSSR count). The van der Waals surface area contributed by atoms with Crippen molar-refractivity contribution < 1.29 is 4.39 Å². The summed E-state index contributed by atoms with van der Waals surface area (Å²) < 4.78 is 13.4. The Morgan fingerprint density at radius 1 is 1.22 bits per heavy atom. The zero-order valence-corrected chi connectivity index (χ0v) is 11.3. The number of benzene rings is 1. The molecular weight excluding hydrogens is 225 g/mol. The van der Waals surface area contributed by atoms with E-state index in [0.29, 0.717) is 12.0 Å². The van der Waals surface area contributed by atoms with Crippen LogP contribution in [0.1, 0.15) is 62.6 Å². The van der Waals surface area contributed by atoms with E-state index in [2.05, 4.69) is 13.0 Å². The lowest BCUT2D eigenvalue weighted by Crippen LogP contribution is -1.97. The lowest BCUT2D eigenvalue weighted by atomic mass is 9.96. The predicted octanol–water partition coefficient (Wildman–Crippen LogP) is 4.78. The highest BCUT2D eigenvalue weighted by Gasteiger charge is 2.09. The minimum Gasteiger partial charge on any atom is -0.207 e. The maximum atomic E-state index is 13.4. The largest absolute Gasteiger partial charge is 0.207 e. The summed E-state index contributed by atoms with van der Waals surface area (Å²) in [5.74, 6) is -0.245. The molecule has 0 aliphatic carbocycles. The Morgan fingerprint density at radius 3 is 2.61 bits per heavy atom. The number of unbranched alkanes of at least 4 members (excludes halogenated alkanes) is 4. The molecule has 0 unspecified atom stereocenters. The van der Waals surface area contributed by atoms with Crippen molar-refractivity contribution in [3.8, 4) is 6.07 Å². The van der Waals surface area contributed by atoms with E-state index in [4.69, 9.17) is 5.26 Å². The van der Waals surface area contributed by atoms with E-state index >= 15 is 0 Å². The van der Waals surface area contributed by atoms with E-state index in [0.717, 1.165) is 24.0 Å². The standard InChI is InChI=1S/C16H21FN/c1-3-5-6-7-8-9-14-11-15(17)10-13(4-2)16(14)12-18/h9-11H,3-8H2,1-2H3. The first-order chi connectivity index (χ1) is 8.72. The van der Waals surface area contributed by atoms with Crippen LogP contribution in [-0.4, -0.2) is 0 Å². The summed E-state index contributed by atoms with van der Waals surface area (Å²) in [7, 11) is 0. The first-order valence-corrected chi connectivity index (χ1v) is 6.78. The fourth-order valence-electron chi connectivity index (χ4n) is 2.09. The van der Waals surface area contributed by atoms with Gasteiger partial charge < -0.3 is 0 Å². The Bertz CT molecular complexity index is 418. The Labute approximate surface area is 110 Å². The number of hydrogen-bond donors (Lipinski definition) is 0. The van der Waals surface area contributed by atoms with E-state index in [1.807, 2.05) is 13.3 Å². The second kappa shape index (κ2) is 7.87. The zero-order valence-electron chi connectivity index (χ0n) is 11.3. The number of nitrogens with zero attached hydrogens (tertiary/aromatic N) is 1. The van der Waals surface area contributed by atoms with E-state index in [-0.39, 0.29) is 5.82 Å². The molecule has 2 heteroatoms. The van der Waals surface area contributed by atoms with E-state index in [9.17, 15) is 4.39 Å². The fraction of sp³-hybridized carbons (Fsp3) is 0.500. The molecule has 0 N–H and O–H groups in total. The molecule has 0 spiro atoms. The Kier molecular flexibility index (Phi) is 6.43. The smallest absolute Gasteiger partial charge is 0.123 e. The number of hydrogen-bond acceptors (Lipinski definition) is 1. The van der Waals surface area contributed by atoms with Gasteiger partial charge in [0.2, 0.25) is 0 Å². The van der Waals surface area contributed by atoms with Crippen molar-refractivity contribution in [3.63, 3.8) is 0 Å². The van der Waals surface area contributed by atoms with Gasteiger partial charge in [0.05, 0.1) is 11.6 Å². The summed E-state index contributed by atoms with van der Waals surface area (Å²) in [6.45, 7) is 4.12. The molecule has 1 aromatic carbocycles. The molecule has 0 aromatic heterocycles. The molecule has 0 heterocycles. The third kappa shape index (κ3) is 4.14. The van der Waals surface area contributed by atoms with Crippen molar-refractivity contribution in [2.45, 2.75) is 52.4 Å². The number of nitriles is 1. The number of halogens is 1. The van der Waals surface area contributed by atoms with Crippen LogP contribution in [0, 0.1) is 23.6 Å². The lowest BCUT2D eigenvalue weighted by Gasteiger charge is -2.08. The number of rotatable bonds is 7. The molecule has 0 aliphatic rings. The molecule has 0 fully saturated rings. The van der Waals surface area contributed by atoms with Crippen molar-refractivity contribution in [3.05, 3.63) is 41.1 Å². The highest BCUT2D eigenvalue weighted by molar-refractivity contribution is 5.48. The van der Waals surface area contributed by atoms with Crippen molar-refractivity contribution in [1.82, 2.24) is 0 Å². The molecule has 1 aromatic rings. The van der Waals surface area contributed by atoms with Gasteiger partial charge in [0.1, 0.15) is 5.82 Å². The normalized spacial score (nSPS) is 10.3. The van der Waals surface area contributed by atoms with E-state index < -0.39 is 0 Å². The lowest BCUT2D eigenvalue weighted by molar-refractivity contribution is 0.623. The van der Waals surface area contributed by atoms with Crippen molar-refractivity contribution in [1.29, 1.82) is 5.26 Å². The van der Waals surface area contributed by atoms with Gasteiger partial charge in [-0.15, -0.1) is 0 Å². The molecular formula is C16H21FN. The van der Waals surface area contributed by atoms with Gasteiger partial charge >= 0.3 is 0 Å². The molecule has 1 radical (unpaired) electrons. The zero-order chi connectivity index (χ0) is 13.4. The SMILES string of the molecule is CCCCCC[CH]c1cc(F)cc(CC)c1C#N. The van der Waals surface area contributed by atoms with Crippen LogP contribution >= 0.6 is 0 Å². The average molecular weight is 246 g/mol. The Hall–Kier alpha value is -1.36. The summed E-state index contributed by atoms with van der Waals surface area (Å²) in [5.41, 5.74) is 2.19. The maximum absolute atomic E-state index is 13.4. The van der Waals surface area contributed by atoms with Gasteiger partial charge in [-0.3, -0.25) is 0 Å². The first kappa shape index (κ1) is 14.7. The van der Waals surface area contributed by atoms with Crippen LogP contribution in [0.5, 0.6) is 0 Å². The predicted molar refractivity (Wildman–Crippen MR) is 72.7 cm³/mol. The van der Waals surface area contributed by atoms with Crippen molar-refractivity contribution in [2.24, 2.45) is 0 Å². The van der Waals surface area contributed by atoms with Crippen LogP contribution in [0.15, 0.2) is 12.1 Å². The Morgan fingerprint density at radius 2 is 2.00 bits per heavy atom. The van der Waals surface area contributed by atoms with Gasteiger partial charge in [0.25, 0.3) is 0 Å². The molecule has 0 amide bonds. The highest BCUT2D eigenvalue weighted by atomic mass is 19.1. The summed E-state index contributed by atoms with van der Waals surface area (Å²) in [6, 6.07) is 5.13. The van der Waals surface area contributed by atoms with Crippen LogP contribution < -0.4 is 0 Å². The monoisotopic (exact) mass is 246 g/mol. The summed E-state index contributed by atoms with van der Waals surface area (Å²) in [6.07, 6.45) is 8.36. The summed E-state index contributed by atoms with van der Waals surface area (Å²) in [4.78, 5) is 0. The van der Waals surface area contributed by atoms with E-state index in [1.165, 1.54) is 31.4 Å². The van der Waals surface area contributed by atoms with Crippen molar-refractivity contribution >= 4 is 0 Å². The quantitative estimate of drug-likeness (QED) is 0.635. The summed E-state index contributed by atoms with van der Waals surface area (Å²) in [5, 5.41) is 9.17. The van der Waals surface area contributed by atoms with Gasteiger partial charge in [-0.25, -0.2) is 4.39 Å². The fourth-order valence-corrected chi connectivity index (χ4v) is 2.09. The van der Waals surface area contributed by atoms with Gasteiger partial charge in [-0.05, 0) is 42.5 Å². The van der Waals surface area contributed by atoms with Gasteiger partial charge in [-0.1, -0.05) is 39.5 Å². The molecule has 0 atom stereocenters. The van der Waals surface area contributed by atoms with Crippen LogP contribution in [0.2, 0.25) is 0 Å². The first-order valence-electron chi connectivity index (χ1n) is 6.78. The number of aryl methyl sites for hydroxylation is 1. The molecule has 0 saturated carbocycles. The third-order valence-electron chi connectivity index (χ3n) is 3.13. The molecule has 0 saturated heterocycles. The minimum atomic E-state index is -0.245. The minimum absolute atomic E-state index is 0.245. The average Bonchev–Trinajstić information content (AvgIpc) is 2.37. The van der Waals surface area contributed by atoms with Gasteiger partial charge in [-0.2, -0.15) is 5.26 Å². The highest BCUT2D eigenvalue weighted by Crippen LogP contribution is 2.21. The van der Waals surface area contributed by atoms with Crippen LogP contribution in [0.25, 0.3) is 0 Å². The van der Waals surface area contributed by atoms with E-state index in [1.54, 1.807) is 0 Å². The van der Waals surface area contributed by atoms with Crippen LogP contribution in [-0.2, 0) is 6.42 Å². The van der Waals surface area contributed by atoms with Crippen molar-refractivity contribution in [2.75, 3.05) is 0 Å². The van der Waals surface area contributed by atoms with Gasteiger partial charge in [0, 0.05) is 0 Å². The molecule has 0 bridgehead atoms. The molecule has 0 aliphatic heterocycles. The Balaban J connectivity index is 2.69. The second-order valence-corrected chi connectivity index (χ2v) is 4.55. The topological polar surface area (TPSA) is 23.8 Å². The van der Waals surface area contributed by atoms with Crippen LogP contribution in [0.4, 0.5) is 4.39 Å². The summed E-state index contributed by atoms with van der Waals surface area (Å²) >= 11 is 0. The van der Waals surface area contributed by atoms with Crippen LogP contribution in [0.3, 0.4) is 0 Å². The maximum Gasteiger partial charge on any atom is 0.123 e. The molecule has 18 heavy (non-hydrogen) atoms. The second-order valence-electron chi connectivity index (χ2n) is 4.55. The molecule has 1 nitrogen and oxygen atoms in total.